The van der Waals surface area contributed by atoms with Crippen molar-refractivity contribution in [3.63, 3.8) is 0 Å². The number of nitrogens with zero attached hydrogens (tertiary/aromatic N) is 1. The third-order valence-corrected chi connectivity index (χ3v) is 3.93. The van der Waals surface area contributed by atoms with Crippen molar-refractivity contribution in [2.45, 2.75) is 33.4 Å². The first kappa shape index (κ1) is 14.7. The van der Waals surface area contributed by atoms with Gasteiger partial charge < -0.3 is 0 Å². The maximum absolute atomic E-state index is 12.1. The fourth-order valence-electron chi connectivity index (χ4n) is 0.931. The number of allylic oxidation sites excluding steroid dienone is 1. The Balaban J connectivity index is 4.26. The van der Waals surface area contributed by atoms with E-state index in [1.54, 1.807) is 0 Å². The highest BCUT2D eigenvalue weighted by atomic mass is 32.2. The molecule has 0 bridgehead atoms. The van der Waals surface area contributed by atoms with Gasteiger partial charge in [-0.1, -0.05) is 19.9 Å². The number of rotatable bonds is 5. The molecular weight excluding hydrogens is 223 g/mol. The lowest BCUT2D eigenvalue weighted by Crippen LogP contribution is -2.09. The Hall–Kier alpha value is -0.320. The highest BCUT2D eigenvalue weighted by molar-refractivity contribution is 7.87. The first-order chi connectivity index (χ1) is 6.91. The van der Waals surface area contributed by atoms with Crippen molar-refractivity contribution < 1.29 is 13.2 Å². The van der Waals surface area contributed by atoms with Gasteiger partial charge in [0.05, 0.1) is 6.54 Å². The molecule has 0 aromatic carbocycles. The van der Waals surface area contributed by atoms with Crippen molar-refractivity contribution >= 4 is 10.7 Å². The second kappa shape index (κ2) is 7.04. The summed E-state index contributed by atoms with van der Waals surface area (Å²) in [6, 6.07) is 0. The summed E-state index contributed by atoms with van der Waals surface area (Å²) in [5.74, 6) is 1.90. The number of alkyl halides is 3. The van der Waals surface area contributed by atoms with Gasteiger partial charge in [-0.2, -0.15) is 13.2 Å². The zero-order valence-corrected chi connectivity index (χ0v) is 10.2. The largest absolute Gasteiger partial charge is 0.412 e. The van der Waals surface area contributed by atoms with Crippen LogP contribution in [-0.4, -0.2) is 24.2 Å². The molecule has 1 nitrogen and oxygen atoms in total. The Labute approximate surface area is 91.9 Å². The number of hydrogen-bond donors (Lipinski definition) is 0. The van der Waals surface area contributed by atoms with Crippen LogP contribution < -0.4 is 0 Å². The molecule has 0 radical (unpaired) electrons. The summed E-state index contributed by atoms with van der Waals surface area (Å²) < 4.78 is 40.5. The summed E-state index contributed by atoms with van der Waals surface area (Å²) in [4.78, 5) is 0. The maximum atomic E-state index is 12.1. The molecule has 0 amide bonds. The van der Waals surface area contributed by atoms with Crippen LogP contribution in [0.2, 0.25) is 0 Å². The predicted molar refractivity (Wildman–Crippen MR) is 60.2 cm³/mol. The van der Waals surface area contributed by atoms with Crippen molar-refractivity contribution in [1.29, 1.82) is 0 Å². The fraction of sp³-hybridized carbons (Fsp3) is 0.800. The minimum atomic E-state index is -4.20. The average molecular weight is 241 g/mol. The molecule has 90 valence electrons. The molecule has 5 heteroatoms. The third-order valence-electron chi connectivity index (χ3n) is 1.87. The molecule has 0 rings (SSSR count). The molecule has 0 aliphatic heterocycles. The second-order valence-electron chi connectivity index (χ2n) is 3.15. The van der Waals surface area contributed by atoms with Gasteiger partial charge in [0.1, 0.15) is 0 Å². The zero-order valence-electron chi connectivity index (χ0n) is 9.40. The highest BCUT2D eigenvalue weighted by Gasteiger charge is 2.29. The molecule has 0 fully saturated rings. The van der Waals surface area contributed by atoms with Crippen molar-refractivity contribution in [2.75, 3.05) is 18.1 Å². The standard InChI is InChI=1S/C10H18F3NS/c1-4-8-15(5-2)14-7-6-9(3)10(11,12)13/h6H,4-5,7-8H2,1-3H3. The minimum Gasteiger partial charge on any atom is -0.261 e. The monoisotopic (exact) mass is 241 g/mol. The predicted octanol–water partition coefficient (Wildman–Crippen LogP) is 3.73. The van der Waals surface area contributed by atoms with Crippen LogP contribution in [-0.2, 0) is 10.7 Å². The van der Waals surface area contributed by atoms with Gasteiger partial charge in [0.15, 0.2) is 0 Å². The minimum absolute atomic E-state index is 0.0616. The number of hydrogen-bond acceptors (Lipinski definition) is 1. The summed E-state index contributed by atoms with van der Waals surface area (Å²) in [7, 11) is -0.0616. The summed E-state index contributed by atoms with van der Waals surface area (Å²) in [5, 5.41) is 0. The molecule has 0 saturated carbocycles. The van der Waals surface area contributed by atoms with E-state index in [4.69, 9.17) is 0 Å². The average Bonchev–Trinajstić information content (AvgIpc) is 2.14. The Morgan fingerprint density at radius 2 is 1.93 bits per heavy atom. The van der Waals surface area contributed by atoms with E-state index in [9.17, 15) is 13.2 Å². The van der Waals surface area contributed by atoms with Crippen LogP contribution in [0.25, 0.3) is 0 Å². The smallest absolute Gasteiger partial charge is 0.261 e. The van der Waals surface area contributed by atoms with Crippen LogP contribution in [0.15, 0.2) is 16.0 Å². The molecule has 1 atom stereocenters. The molecule has 0 N–H and O–H groups in total. The first-order valence-corrected chi connectivity index (χ1v) is 6.52. The van der Waals surface area contributed by atoms with Gasteiger partial charge in [-0.05, 0) is 13.3 Å². The van der Waals surface area contributed by atoms with E-state index in [1.165, 1.54) is 0 Å². The molecule has 0 heterocycles. The van der Waals surface area contributed by atoms with E-state index in [0.717, 1.165) is 30.9 Å². The normalized spacial score (nSPS) is 15.7. The fourth-order valence-corrected chi connectivity index (χ4v) is 2.29. The SMILES string of the molecule is CCCS(CC)=NCC=C(C)C(F)(F)F. The van der Waals surface area contributed by atoms with E-state index in [-0.39, 0.29) is 17.2 Å². The molecule has 0 aliphatic carbocycles. The molecule has 0 aromatic heterocycles. The Morgan fingerprint density at radius 3 is 2.33 bits per heavy atom. The molecular formula is C10H18F3NS. The maximum Gasteiger partial charge on any atom is 0.412 e. The van der Waals surface area contributed by atoms with E-state index < -0.39 is 11.7 Å². The Kier molecular flexibility index (Phi) is 6.89. The van der Waals surface area contributed by atoms with Crippen LogP contribution in [0.4, 0.5) is 13.2 Å². The summed E-state index contributed by atoms with van der Waals surface area (Å²) in [6.45, 7) is 5.34. The van der Waals surface area contributed by atoms with Gasteiger partial charge >= 0.3 is 6.18 Å². The quantitative estimate of drug-likeness (QED) is 0.650. The summed E-state index contributed by atoms with van der Waals surface area (Å²) >= 11 is 0. The molecule has 1 unspecified atom stereocenters. The van der Waals surface area contributed by atoms with Crippen LogP contribution in [0.5, 0.6) is 0 Å². The molecule has 0 aromatic rings. The molecule has 0 spiro atoms. The summed E-state index contributed by atoms with van der Waals surface area (Å²) in [5.41, 5.74) is -0.553. The van der Waals surface area contributed by atoms with Gasteiger partial charge in [0.2, 0.25) is 0 Å². The Morgan fingerprint density at radius 1 is 1.33 bits per heavy atom. The van der Waals surface area contributed by atoms with E-state index in [0.29, 0.717) is 0 Å². The van der Waals surface area contributed by atoms with E-state index in [2.05, 4.69) is 11.3 Å². The lowest BCUT2D eigenvalue weighted by Gasteiger charge is -2.06. The molecule has 15 heavy (non-hydrogen) atoms. The van der Waals surface area contributed by atoms with Crippen LogP contribution in [0, 0.1) is 0 Å². The van der Waals surface area contributed by atoms with Crippen molar-refractivity contribution in [3.05, 3.63) is 11.6 Å². The van der Waals surface area contributed by atoms with Crippen LogP contribution in [0.3, 0.4) is 0 Å². The number of halogens is 3. The second-order valence-corrected chi connectivity index (χ2v) is 5.32. The van der Waals surface area contributed by atoms with E-state index in [1.807, 2.05) is 6.92 Å². The highest BCUT2D eigenvalue weighted by Crippen LogP contribution is 2.24. The van der Waals surface area contributed by atoms with Gasteiger partial charge in [-0.15, -0.1) is 10.7 Å². The summed E-state index contributed by atoms with van der Waals surface area (Å²) in [6.07, 6.45) is -2.02. The van der Waals surface area contributed by atoms with Crippen molar-refractivity contribution in [3.8, 4) is 0 Å². The molecule has 0 aliphatic rings. The van der Waals surface area contributed by atoms with Gasteiger partial charge in [-0.3, -0.25) is 4.36 Å². The van der Waals surface area contributed by atoms with Crippen molar-refractivity contribution in [1.82, 2.24) is 0 Å². The van der Waals surface area contributed by atoms with Crippen LogP contribution in [0.1, 0.15) is 27.2 Å². The van der Waals surface area contributed by atoms with Gasteiger partial charge in [0, 0.05) is 17.1 Å². The van der Waals surface area contributed by atoms with Gasteiger partial charge in [-0.25, -0.2) is 0 Å². The third kappa shape index (κ3) is 6.71. The topological polar surface area (TPSA) is 12.4 Å². The first-order valence-electron chi connectivity index (χ1n) is 5.00. The van der Waals surface area contributed by atoms with Crippen molar-refractivity contribution in [2.24, 2.45) is 4.36 Å². The lowest BCUT2D eigenvalue weighted by molar-refractivity contribution is -0.0914. The van der Waals surface area contributed by atoms with E-state index >= 15 is 0 Å². The molecule has 0 saturated heterocycles. The van der Waals surface area contributed by atoms with Gasteiger partial charge in [0.25, 0.3) is 0 Å². The zero-order chi connectivity index (χ0) is 11.9. The van der Waals surface area contributed by atoms with Crippen LogP contribution >= 0.6 is 0 Å². The lowest BCUT2D eigenvalue weighted by atomic mass is 10.3. The Bertz CT molecular complexity index is 244.